The largest absolute Gasteiger partial charge is 0.324 e. The molecule has 0 bridgehead atoms. The number of halogens is 4. The Balaban J connectivity index is 1.26. The average Bonchev–Trinajstić information content (AvgIpc) is 3.24. The van der Waals surface area contributed by atoms with Crippen molar-refractivity contribution < 1.29 is 28.8 Å². The topological polar surface area (TPSA) is 200 Å². The Morgan fingerprint density at radius 1 is 0.516 bits per heavy atom. The standard InChI is InChI=1S/C46H42Cl4N8O6/c1-25-26(2)38(52-46(64)42(28(4)60)58-56-36-22-32(20-34(50)24-36)44(62)54-40-12-8-6-10-30(40)16-18-48)14-13-37(25)51-45(63)41(27(3)59)57-55-35-21-31(19-33(49)23-35)43(61)53-39-11-7-5-9-29(39)15-17-47/h5-14,19-24,41-42H,15-18H2,1-4H3,(H,51,63)(H,52,64)(H,53,61)(H,54,62). The Hall–Kier alpha value is -6.32. The van der Waals surface area contributed by atoms with Crippen LogP contribution in [-0.2, 0) is 32.0 Å². The molecular formula is C46H42Cl4N8O6. The fraction of sp³-hybridized carbons (Fsp3) is 0.217. The van der Waals surface area contributed by atoms with E-state index < -0.39 is 47.3 Å². The first kappa shape index (κ1) is 48.7. The maximum atomic E-state index is 13.4. The number of carbonyl (C=O) groups excluding carboxylic acids is 6. The van der Waals surface area contributed by atoms with Crippen LogP contribution in [0.5, 0.6) is 0 Å². The molecule has 2 unspecified atom stereocenters. The molecule has 4 N–H and O–H groups in total. The molecule has 5 aromatic carbocycles. The third kappa shape index (κ3) is 13.1. The summed E-state index contributed by atoms with van der Waals surface area (Å²) in [5.74, 6) is -3.00. The van der Waals surface area contributed by atoms with Gasteiger partial charge in [-0.05, 0) is 123 Å². The Kier molecular flexibility index (Phi) is 17.4. The molecule has 5 rings (SSSR count). The van der Waals surface area contributed by atoms with Crippen LogP contribution >= 0.6 is 46.4 Å². The molecule has 4 amide bonds. The van der Waals surface area contributed by atoms with E-state index in [1.54, 1.807) is 38.1 Å². The second-order valence-corrected chi connectivity index (χ2v) is 16.0. The number of nitrogens with zero attached hydrogens (tertiary/aromatic N) is 4. The zero-order chi connectivity index (χ0) is 46.5. The molecule has 0 spiro atoms. The summed E-state index contributed by atoms with van der Waals surface area (Å²) < 4.78 is 0. The molecule has 0 fully saturated rings. The van der Waals surface area contributed by atoms with E-state index in [1.807, 2.05) is 24.3 Å². The van der Waals surface area contributed by atoms with Crippen molar-refractivity contribution in [2.24, 2.45) is 20.5 Å². The number of Topliss-reactive ketones (excluding diaryl/α,β-unsaturated/α-hetero) is 2. The smallest absolute Gasteiger partial charge is 0.258 e. The lowest BCUT2D eigenvalue weighted by atomic mass is 10.0. The second-order valence-electron chi connectivity index (χ2n) is 14.3. The quantitative estimate of drug-likeness (QED) is 0.0382. The number of alkyl halides is 2. The molecule has 0 aliphatic carbocycles. The number of anilines is 4. The van der Waals surface area contributed by atoms with Crippen molar-refractivity contribution in [1.82, 2.24) is 0 Å². The minimum Gasteiger partial charge on any atom is -0.324 e. The highest BCUT2D eigenvalue weighted by Gasteiger charge is 2.26. The zero-order valence-corrected chi connectivity index (χ0v) is 38.0. The summed E-state index contributed by atoms with van der Waals surface area (Å²) in [5.41, 5.74) is 5.14. The maximum Gasteiger partial charge on any atom is 0.258 e. The van der Waals surface area contributed by atoms with Crippen LogP contribution in [0.15, 0.2) is 118 Å². The van der Waals surface area contributed by atoms with Gasteiger partial charge < -0.3 is 21.3 Å². The lowest BCUT2D eigenvalue weighted by molar-refractivity contribution is -0.127. The minimum absolute atomic E-state index is 0.127. The van der Waals surface area contributed by atoms with Gasteiger partial charge in [-0.1, -0.05) is 59.6 Å². The number of nitrogens with one attached hydrogen (secondary N) is 4. The minimum atomic E-state index is -1.57. The van der Waals surface area contributed by atoms with Gasteiger partial charge in [0.1, 0.15) is 0 Å². The number of azo groups is 2. The second kappa shape index (κ2) is 22.9. The monoisotopic (exact) mass is 942 g/mol. The molecule has 18 heteroatoms. The van der Waals surface area contributed by atoms with Crippen LogP contribution in [0.2, 0.25) is 10.0 Å². The lowest BCUT2D eigenvalue weighted by Crippen LogP contribution is -2.33. The average molecular weight is 945 g/mol. The molecule has 330 valence electrons. The molecule has 2 atom stereocenters. The number of benzene rings is 5. The molecule has 64 heavy (non-hydrogen) atoms. The van der Waals surface area contributed by atoms with Crippen molar-refractivity contribution in [1.29, 1.82) is 0 Å². The molecule has 0 aromatic heterocycles. The van der Waals surface area contributed by atoms with E-state index in [0.29, 0.717) is 58.5 Å². The van der Waals surface area contributed by atoms with E-state index in [2.05, 4.69) is 41.7 Å². The molecule has 0 heterocycles. The molecule has 0 saturated heterocycles. The van der Waals surface area contributed by atoms with Crippen LogP contribution in [0.1, 0.15) is 56.8 Å². The molecule has 14 nitrogen and oxygen atoms in total. The van der Waals surface area contributed by atoms with E-state index in [1.165, 1.54) is 62.4 Å². The first-order valence-electron chi connectivity index (χ1n) is 19.6. The van der Waals surface area contributed by atoms with Crippen molar-refractivity contribution in [3.63, 3.8) is 0 Å². The van der Waals surface area contributed by atoms with Crippen molar-refractivity contribution in [2.75, 3.05) is 33.0 Å². The summed E-state index contributed by atoms with van der Waals surface area (Å²) in [5, 5.41) is 27.6. The highest BCUT2D eigenvalue weighted by molar-refractivity contribution is 6.31. The third-order valence-corrected chi connectivity index (χ3v) is 10.5. The SMILES string of the molecule is CC(=O)C(N=Nc1cc(Cl)cc(C(=O)Nc2ccccc2CCCl)c1)C(=O)Nc1ccc(NC(=O)C(N=Nc2cc(Cl)cc(C(=O)Nc3ccccc3CCCl)c2)C(C)=O)c(C)c1C. The fourth-order valence-electron chi connectivity index (χ4n) is 6.22. The van der Waals surface area contributed by atoms with Gasteiger partial charge in [-0.15, -0.1) is 23.2 Å². The fourth-order valence-corrected chi connectivity index (χ4v) is 7.08. The summed E-state index contributed by atoms with van der Waals surface area (Å²) in [6.07, 6.45) is 1.09. The maximum absolute atomic E-state index is 13.4. The number of aryl methyl sites for hydroxylation is 2. The van der Waals surface area contributed by atoms with E-state index in [-0.39, 0.29) is 32.5 Å². The van der Waals surface area contributed by atoms with E-state index >= 15 is 0 Å². The van der Waals surface area contributed by atoms with Gasteiger partial charge in [0.15, 0.2) is 11.6 Å². The van der Waals surface area contributed by atoms with Gasteiger partial charge in [0, 0.05) is 55.7 Å². The number of amides is 4. The van der Waals surface area contributed by atoms with Crippen molar-refractivity contribution >= 4 is 116 Å². The first-order chi connectivity index (χ1) is 30.6. The van der Waals surface area contributed by atoms with Crippen LogP contribution in [-0.4, -0.2) is 59.0 Å². The van der Waals surface area contributed by atoms with Gasteiger partial charge in [-0.2, -0.15) is 20.5 Å². The van der Waals surface area contributed by atoms with Gasteiger partial charge in [0.05, 0.1) is 11.4 Å². The number of hydrogen-bond acceptors (Lipinski definition) is 10. The van der Waals surface area contributed by atoms with Crippen LogP contribution in [0.4, 0.5) is 34.1 Å². The number of para-hydroxylation sites is 2. The predicted octanol–water partition coefficient (Wildman–Crippen LogP) is 11.0. The number of carbonyl (C=O) groups is 6. The highest BCUT2D eigenvalue weighted by Crippen LogP contribution is 2.29. The van der Waals surface area contributed by atoms with Crippen molar-refractivity contribution in [3.8, 4) is 0 Å². The van der Waals surface area contributed by atoms with Gasteiger partial charge in [0.25, 0.3) is 23.6 Å². The summed E-state index contributed by atoms with van der Waals surface area (Å²) in [4.78, 5) is 78.5. The van der Waals surface area contributed by atoms with Crippen LogP contribution in [0.3, 0.4) is 0 Å². The lowest BCUT2D eigenvalue weighted by Gasteiger charge is -2.17. The first-order valence-corrected chi connectivity index (χ1v) is 21.5. The zero-order valence-electron chi connectivity index (χ0n) is 35.0. The summed E-state index contributed by atoms with van der Waals surface area (Å²) >= 11 is 24.5. The predicted molar refractivity (Wildman–Crippen MR) is 252 cm³/mol. The molecular weight excluding hydrogens is 902 g/mol. The normalized spacial score (nSPS) is 12.1. The molecule has 0 aliphatic rings. The molecule has 0 aliphatic heterocycles. The van der Waals surface area contributed by atoms with Gasteiger partial charge in [-0.3, -0.25) is 28.8 Å². The molecule has 0 saturated carbocycles. The molecule has 0 radical (unpaired) electrons. The van der Waals surface area contributed by atoms with Crippen LogP contribution < -0.4 is 21.3 Å². The van der Waals surface area contributed by atoms with Crippen LogP contribution in [0, 0.1) is 13.8 Å². The number of rotatable bonds is 18. The van der Waals surface area contributed by atoms with E-state index in [0.717, 1.165) is 11.1 Å². The third-order valence-electron chi connectivity index (χ3n) is 9.70. The van der Waals surface area contributed by atoms with E-state index in [4.69, 9.17) is 46.4 Å². The Morgan fingerprint density at radius 3 is 1.25 bits per heavy atom. The summed E-state index contributed by atoms with van der Waals surface area (Å²) in [6.45, 7) is 5.74. The molecule has 5 aromatic rings. The summed E-state index contributed by atoms with van der Waals surface area (Å²) in [7, 11) is 0. The number of ketones is 2. The summed E-state index contributed by atoms with van der Waals surface area (Å²) in [6, 6.07) is 22.9. The Bertz CT molecular complexity index is 2490. The highest BCUT2D eigenvalue weighted by atomic mass is 35.5. The van der Waals surface area contributed by atoms with E-state index in [9.17, 15) is 28.8 Å². The Labute approximate surface area is 389 Å². The van der Waals surface area contributed by atoms with Gasteiger partial charge in [0.2, 0.25) is 12.1 Å². The van der Waals surface area contributed by atoms with Gasteiger partial charge in [-0.25, -0.2) is 0 Å². The van der Waals surface area contributed by atoms with Gasteiger partial charge >= 0.3 is 0 Å². The van der Waals surface area contributed by atoms with Crippen molar-refractivity contribution in [2.45, 2.75) is 52.6 Å². The Morgan fingerprint density at radius 2 is 0.891 bits per heavy atom. The van der Waals surface area contributed by atoms with Crippen LogP contribution in [0.25, 0.3) is 0 Å². The number of hydrogen-bond donors (Lipinski definition) is 4. The van der Waals surface area contributed by atoms with Crippen molar-refractivity contribution in [3.05, 3.63) is 140 Å².